The van der Waals surface area contributed by atoms with Crippen LogP contribution in [-0.4, -0.2) is 75.0 Å². The van der Waals surface area contributed by atoms with Gasteiger partial charge < -0.3 is 20.1 Å². The lowest BCUT2D eigenvalue weighted by molar-refractivity contribution is -0.0946. The molecule has 1 saturated carbocycles. The standard InChI is InChI=1S/C22H44N4O2.HI/c1-7-27-13-12-22(10-8-9-11-22)17-25-20(23-6)24-16-21(4,5)26-14-18(2)28-19(3)15-26;/h18-19H,7-17H2,1-6H3,(H2,23,24,25);1H. The molecule has 2 atom stereocenters. The molecule has 0 radical (unpaired) electrons. The van der Waals surface area contributed by atoms with Crippen LogP contribution >= 0.6 is 24.0 Å². The number of nitrogens with zero attached hydrogens (tertiary/aromatic N) is 2. The van der Waals surface area contributed by atoms with Crippen LogP contribution in [0.25, 0.3) is 0 Å². The van der Waals surface area contributed by atoms with E-state index in [-0.39, 0.29) is 41.7 Å². The van der Waals surface area contributed by atoms with Gasteiger partial charge in [0.15, 0.2) is 5.96 Å². The fraction of sp³-hybridized carbons (Fsp3) is 0.955. The summed E-state index contributed by atoms with van der Waals surface area (Å²) in [5.41, 5.74) is 0.404. The summed E-state index contributed by atoms with van der Waals surface area (Å²) < 4.78 is 11.5. The van der Waals surface area contributed by atoms with E-state index in [0.29, 0.717) is 5.41 Å². The van der Waals surface area contributed by atoms with E-state index in [1.165, 1.54) is 25.7 Å². The van der Waals surface area contributed by atoms with E-state index in [1.54, 1.807) is 0 Å². The van der Waals surface area contributed by atoms with Crippen LogP contribution in [0.5, 0.6) is 0 Å². The number of hydrogen-bond acceptors (Lipinski definition) is 4. The highest BCUT2D eigenvalue weighted by Crippen LogP contribution is 2.40. The highest BCUT2D eigenvalue weighted by Gasteiger charge is 2.35. The predicted molar refractivity (Wildman–Crippen MR) is 132 cm³/mol. The molecule has 2 aliphatic rings. The van der Waals surface area contributed by atoms with Crippen LogP contribution in [0, 0.1) is 5.41 Å². The van der Waals surface area contributed by atoms with E-state index in [4.69, 9.17) is 9.47 Å². The minimum absolute atomic E-state index is 0. The second-order valence-electron chi connectivity index (χ2n) is 9.41. The second-order valence-corrected chi connectivity index (χ2v) is 9.41. The molecule has 0 aromatic heterocycles. The molecule has 6 nitrogen and oxygen atoms in total. The summed E-state index contributed by atoms with van der Waals surface area (Å²) in [6.45, 7) is 16.5. The second kappa shape index (κ2) is 12.7. The molecular formula is C22H45IN4O2. The molecule has 0 spiro atoms. The van der Waals surface area contributed by atoms with Gasteiger partial charge in [-0.2, -0.15) is 0 Å². The van der Waals surface area contributed by atoms with Crippen LogP contribution in [0.3, 0.4) is 0 Å². The van der Waals surface area contributed by atoms with Gasteiger partial charge in [0.2, 0.25) is 0 Å². The molecule has 172 valence electrons. The van der Waals surface area contributed by atoms with Gasteiger partial charge >= 0.3 is 0 Å². The number of hydrogen-bond donors (Lipinski definition) is 2. The van der Waals surface area contributed by atoms with Gasteiger partial charge in [-0.15, -0.1) is 24.0 Å². The summed E-state index contributed by atoms with van der Waals surface area (Å²) in [5, 5.41) is 7.18. The van der Waals surface area contributed by atoms with E-state index in [9.17, 15) is 0 Å². The summed E-state index contributed by atoms with van der Waals surface area (Å²) >= 11 is 0. The SMILES string of the molecule is CCOCCC1(CNC(=NC)NCC(C)(C)N2CC(C)OC(C)C2)CCCC1.I. The molecular weight excluding hydrogens is 479 g/mol. The maximum Gasteiger partial charge on any atom is 0.191 e. The van der Waals surface area contributed by atoms with Crippen LogP contribution < -0.4 is 10.6 Å². The van der Waals surface area contributed by atoms with Gasteiger partial charge in [-0.25, -0.2) is 0 Å². The zero-order chi connectivity index (χ0) is 20.6. The number of guanidine groups is 1. The first-order valence-electron chi connectivity index (χ1n) is 11.2. The van der Waals surface area contributed by atoms with Crippen molar-refractivity contribution in [2.75, 3.05) is 46.4 Å². The third-order valence-corrected chi connectivity index (χ3v) is 6.46. The Balaban J connectivity index is 0.00000420. The molecule has 2 rings (SSSR count). The molecule has 0 bridgehead atoms. The van der Waals surface area contributed by atoms with Crippen LogP contribution in [0.2, 0.25) is 0 Å². The van der Waals surface area contributed by atoms with Crippen molar-refractivity contribution in [3.8, 4) is 0 Å². The summed E-state index contributed by atoms with van der Waals surface area (Å²) in [6.07, 6.45) is 6.96. The molecule has 1 aliphatic carbocycles. The average molecular weight is 525 g/mol. The first-order chi connectivity index (χ1) is 13.3. The Morgan fingerprint density at radius 3 is 2.34 bits per heavy atom. The molecule has 1 aliphatic heterocycles. The number of rotatable bonds is 9. The predicted octanol–water partition coefficient (Wildman–Crippen LogP) is 3.64. The number of halogens is 1. The number of morpholine rings is 1. The van der Waals surface area contributed by atoms with Crippen LogP contribution in [0.15, 0.2) is 4.99 Å². The lowest BCUT2D eigenvalue weighted by Gasteiger charge is -2.45. The Labute approximate surface area is 196 Å². The van der Waals surface area contributed by atoms with Crippen LogP contribution in [0.4, 0.5) is 0 Å². The van der Waals surface area contributed by atoms with Crippen molar-refractivity contribution in [2.24, 2.45) is 10.4 Å². The van der Waals surface area contributed by atoms with Gasteiger partial charge in [0, 0.05) is 52.0 Å². The van der Waals surface area contributed by atoms with Gasteiger partial charge in [-0.05, 0) is 59.3 Å². The van der Waals surface area contributed by atoms with Crippen LogP contribution in [0.1, 0.15) is 66.7 Å². The smallest absolute Gasteiger partial charge is 0.191 e. The Hall–Kier alpha value is -0.120. The van der Waals surface area contributed by atoms with Crippen molar-refractivity contribution in [3.05, 3.63) is 0 Å². The fourth-order valence-corrected chi connectivity index (χ4v) is 4.65. The number of ether oxygens (including phenoxy) is 2. The minimum Gasteiger partial charge on any atom is -0.382 e. The van der Waals surface area contributed by atoms with Crippen molar-refractivity contribution in [2.45, 2.75) is 84.5 Å². The Bertz CT molecular complexity index is 485. The summed E-state index contributed by atoms with van der Waals surface area (Å²) in [4.78, 5) is 7.01. The van der Waals surface area contributed by atoms with Crippen molar-refractivity contribution in [3.63, 3.8) is 0 Å². The average Bonchev–Trinajstić information content (AvgIpc) is 3.10. The Morgan fingerprint density at radius 2 is 1.79 bits per heavy atom. The van der Waals surface area contributed by atoms with Gasteiger partial charge in [0.05, 0.1) is 12.2 Å². The summed E-state index contributed by atoms with van der Waals surface area (Å²) in [5.74, 6) is 0.908. The van der Waals surface area contributed by atoms with E-state index in [2.05, 4.69) is 55.1 Å². The van der Waals surface area contributed by atoms with E-state index < -0.39 is 0 Å². The summed E-state index contributed by atoms with van der Waals surface area (Å²) in [7, 11) is 1.86. The molecule has 0 aromatic carbocycles. The van der Waals surface area contributed by atoms with Crippen LogP contribution in [-0.2, 0) is 9.47 Å². The van der Waals surface area contributed by atoms with E-state index in [0.717, 1.165) is 51.8 Å². The Morgan fingerprint density at radius 1 is 1.17 bits per heavy atom. The highest BCUT2D eigenvalue weighted by molar-refractivity contribution is 14.0. The zero-order valence-electron chi connectivity index (χ0n) is 19.6. The summed E-state index contributed by atoms with van der Waals surface area (Å²) in [6, 6.07) is 0. The maximum atomic E-state index is 5.90. The molecule has 2 unspecified atom stereocenters. The van der Waals surface area contributed by atoms with Crippen molar-refractivity contribution < 1.29 is 9.47 Å². The van der Waals surface area contributed by atoms with Crippen molar-refractivity contribution in [1.82, 2.24) is 15.5 Å². The number of nitrogens with one attached hydrogen (secondary N) is 2. The van der Waals surface area contributed by atoms with Crippen molar-refractivity contribution in [1.29, 1.82) is 0 Å². The van der Waals surface area contributed by atoms with Gasteiger partial charge in [0.1, 0.15) is 0 Å². The largest absolute Gasteiger partial charge is 0.382 e. The molecule has 0 aromatic rings. The van der Waals surface area contributed by atoms with E-state index in [1.807, 2.05) is 7.05 Å². The van der Waals surface area contributed by atoms with Gasteiger partial charge in [-0.3, -0.25) is 9.89 Å². The molecule has 0 amide bonds. The molecule has 1 saturated heterocycles. The number of aliphatic imine (C=N–C) groups is 1. The lowest BCUT2D eigenvalue weighted by Crippen LogP contribution is -2.59. The van der Waals surface area contributed by atoms with Crippen molar-refractivity contribution >= 4 is 29.9 Å². The zero-order valence-corrected chi connectivity index (χ0v) is 21.9. The third-order valence-electron chi connectivity index (χ3n) is 6.46. The van der Waals surface area contributed by atoms with Gasteiger partial charge in [-0.1, -0.05) is 12.8 Å². The lowest BCUT2D eigenvalue weighted by atomic mass is 9.83. The topological polar surface area (TPSA) is 58.1 Å². The normalized spacial score (nSPS) is 25.5. The van der Waals surface area contributed by atoms with E-state index >= 15 is 0 Å². The Kier molecular flexibility index (Phi) is 11.8. The quantitative estimate of drug-likeness (QED) is 0.209. The molecule has 29 heavy (non-hydrogen) atoms. The highest BCUT2D eigenvalue weighted by atomic mass is 127. The molecule has 2 N–H and O–H groups in total. The first kappa shape index (κ1) is 26.9. The first-order valence-corrected chi connectivity index (χ1v) is 11.2. The maximum absolute atomic E-state index is 5.90. The molecule has 1 heterocycles. The molecule has 2 fully saturated rings. The third kappa shape index (κ3) is 8.50. The monoisotopic (exact) mass is 524 g/mol. The fourth-order valence-electron chi connectivity index (χ4n) is 4.65. The van der Waals surface area contributed by atoms with Gasteiger partial charge in [0.25, 0.3) is 0 Å². The minimum atomic E-state index is 0. The molecule has 7 heteroatoms.